The van der Waals surface area contributed by atoms with Crippen LogP contribution in [0.1, 0.15) is 31.1 Å². The van der Waals surface area contributed by atoms with Gasteiger partial charge in [0.15, 0.2) is 6.10 Å². The van der Waals surface area contributed by atoms with Gasteiger partial charge in [-0.3, -0.25) is 8.98 Å². The first kappa shape index (κ1) is 22.6. The van der Waals surface area contributed by atoms with Crippen LogP contribution in [0, 0.1) is 0 Å². The molecule has 0 bridgehead atoms. The van der Waals surface area contributed by atoms with Crippen molar-refractivity contribution in [2.45, 2.75) is 36.1 Å². The van der Waals surface area contributed by atoms with Crippen LogP contribution in [0.15, 0.2) is 71.6 Å². The number of hydrogen-bond acceptors (Lipinski definition) is 7. The van der Waals surface area contributed by atoms with Crippen molar-refractivity contribution in [3.8, 4) is 0 Å². The number of ether oxygens (including phenoxy) is 1. The molecule has 4 rings (SSSR count). The van der Waals surface area contributed by atoms with E-state index in [2.05, 4.69) is 4.18 Å². The molecule has 0 radical (unpaired) electrons. The molecule has 0 aromatic heterocycles. The highest BCUT2D eigenvalue weighted by Crippen LogP contribution is 2.53. The van der Waals surface area contributed by atoms with Crippen molar-refractivity contribution < 1.29 is 26.9 Å². The van der Waals surface area contributed by atoms with Crippen molar-refractivity contribution in [2.24, 2.45) is 0 Å². The monoisotopic (exact) mass is 473 g/mol. The van der Waals surface area contributed by atoms with Crippen molar-refractivity contribution in [1.82, 2.24) is 4.90 Å². The van der Waals surface area contributed by atoms with Gasteiger partial charge in [0.1, 0.15) is 11.4 Å². The van der Waals surface area contributed by atoms with E-state index in [-0.39, 0.29) is 5.57 Å². The molecule has 2 heterocycles. The Morgan fingerprint density at radius 1 is 1.06 bits per heavy atom. The summed E-state index contributed by atoms with van der Waals surface area (Å²) in [6, 6.07) is 17.9. The number of nitrogens with zero attached hydrogens (tertiary/aromatic N) is 1. The first-order valence-electron chi connectivity index (χ1n) is 9.98. The predicted octanol–water partition coefficient (Wildman–Crippen LogP) is 3.24. The third-order valence-corrected chi connectivity index (χ3v) is 8.06. The lowest BCUT2D eigenvalue weighted by molar-refractivity contribution is -0.160. The second kappa shape index (κ2) is 8.38. The molecule has 0 saturated carbocycles. The molecule has 9 heteroatoms. The summed E-state index contributed by atoms with van der Waals surface area (Å²) >= 11 is 1.35. The Morgan fingerprint density at radius 2 is 1.59 bits per heavy atom. The normalized spacial score (nSPS) is 23.2. The highest BCUT2D eigenvalue weighted by atomic mass is 32.2. The lowest BCUT2D eigenvalue weighted by Gasteiger charge is -2.39. The molecule has 32 heavy (non-hydrogen) atoms. The van der Waals surface area contributed by atoms with Crippen LogP contribution in [0.25, 0.3) is 0 Å². The standard InChI is InChI=1S/C23H23NO6S2/c1-23(2)19(24-20(25)17(21(24)31-23)14-32(27,28)29-3)22(26)30-18(15-10-6-4-7-11-15)16-12-8-5-9-13-16/h4-14,18-19,21H,1-3H3/b17-14-/t19-,21+/m0/s1. The van der Waals surface area contributed by atoms with Gasteiger partial charge in [0.25, 0.3) is 16.0 Å². The van der Waals surface area contributed by atoms with E-state index in [0.29, 0.717) is 0 Å². The quantitative estimate of drug-likeness (QED) is 0.275. The number of carbonyl (C=O) groups excluding carboxylic acids is 2. The van der Waals surface area contributed by atoms with Crippen molar-refractivity contribution in [1.29, 1.82) is 0 Å². The van der Waals surface area contributed by atoms with Crippen LogP contribution in [-0.4, -0.2) is 48.5 Å². The zero-order valence-electron chi connectivity index (χ0n) is 17.8. The Labute approximate surface area is 191 Å². The Balaban J connectivity index is 1.63. The van der Waals surface area contributed by atoms with Crippen LogP contribution >= 0.6 is 11.8 Å². The summed E-state index contributed by atoms with van der Waals surface area (Å²) < 4.78 is 33.4. The van der Waals surface area contributed by atoms with Gasteiger partial charge in [0.05, 0.1) is 18.1 Å². The van der Waals surface area contributed by atoms with E-state index in [1.165, 1.54) is 16.7 Å². The minimum absolute atomic E-state index is 0.0999. The molecule has 1 amide bonds. The SMILES string of the molecule is COS(=O)(=O)/C=C1/C(=O)N2[C@@H]1SC(C)(C)[C@@H]2C(=O)OC(c1ccccc1)c1ccccc1. The Bertz CT molecular complexity index is 1120. The maximum atomic E-state index is 13.4. The molecule has 0 N–H and O–H groups in total. The molecule has 2 aromatic carbocycles. The summed E-state index contributed by atoms with van der Waals surface area (Å²) in [5.74, 6) is -1.05. The van der Waals surface area contributed by atoms with Crippen molar-refractivity contribution in [3.05, 3.63) is 82.8 Å². The van der Waals surface area contributed by atoms with Crippen molar-refractivity contribution >= 4 is 33.8 Å². The van der Waals surface area contributed by atoms with Gasteiger partial charge in [-0.25, -0.2) is 4.79 Å². The lowest BCUT2D eigenvalue weighted by atomic mass is 9.96. The minimum atomic E-state index is -3.96. The van der Waals surface area contributed by atoms with Crippen molar-refractivity contribution in [2.75, 3.05) is 7.11 Å². The number of fused-ring (bicyclic) bond motifs is 1. The summed E-state index contributed by atoms with van der Waals surface area (Å²) in [6.07, 6.45) is -0.634. The number of β-lactam (4-membered cyclic amide) rings is 1. The largest absolute Gasteiger partial charge is 0.451 e. The highest BCUT2D eigenvalue weighted by Gasteiger charge is 2.62. The Kier molecular flexibility index (Phi) is 5.91. The van der Waals surface area contributed by atoms with Gasteiger partial charge < -0.3 is 9.64 Å². The fourth-order valence-corrected chi connectivity index (χ4v) is 6.24. The third-order valence-electron chi connectivity index (χ3n) is 5.52. The zero-order chi connectivity index (χ0) is 23.1. The van der Waals surface area contributed by atoms with Crippen LogP contribution in [-0.2, 0) is 28.6 Å². The second-order valence-electron chi connectivity index (χ2n) is 8.06. The van der Waals surface area contributed by atoms with E-state index in [9.17, 15) is 18.0 Å². The Morgan fingerprint density at radius 3 is 2.09 bits per heavy atom. The van der Waals surface area contributed by atoms with E-state index < -0.39 is 44.3 Å². The van der Waals surface area contributed by atoms with E-state index in [1.807, 2.05) is 74.5 Å². The smallest absolute Gasteiger partial charge is 0.331 e. The van der Waals surface area contributed by atoms with Gasteiger partial charge >= 0.3 is 5.97 Å². The molecule has 2 saturated heterocycles. The van der Waals surface area contributed by atoms with Crippen LogP contribution in [0.3, 0.4) is 0 Å². The summed E-state index contributed by atoms with van der Waals surface area (Å²) in [7, 11) is -2.92. The average Bonchev–Trinajstić information content (AvgIpc) is 3.05. The third kappa shape index (κ3) is 4.07. The predicted molar refractivity (Wildman–Crippen MR) is 121 cm³/mol. The fraction of sp³-hybridized carbons (Fsp3) is 0.304. The molecule has 2 fully saturated rings. The molecule has 0 aliphatic carbocycles. The molecule has 0 unspecified atom stereocenters. The van der Waals surface area contributed by atoms with Crippen molar-refractivity contribution in [3.63, 3.8) is 0 Å². The summed E-state index contributed by atoms with van der Waals surface area (Å²) in [5, 5.41) is 0.288. The maximum Gasteiger partial charge on any atom is 0.331 e. The molecule has 168 valence electrons. The van der Waals surface area contributed by atoms with Gasteiger partial charge in [-0.1, -0.05) is 60.7 Å². The number of carbonyl (C=O) groups is 2. The number of amides is 1. The van der Waals surface area contributed by atoms with E-state index in [0.717, 1.165) is 23.6 Å². The van der Waals surface area contributed by atoms with Gasteiger partial charge in [0, 0.05) is 4.75 Å². The average molecular weight is 474 g/mol. The number of rotatable bonds is 6. The lowest BCUT2D eigenvalue weighted by Crippen LogP contribution is -2.59. The number of esters is 1. The summed E-state index contributed by atoms with van der Waals surface area (Å²) in [4.78, 5) is 27.6. The highest BCUT2D eigenvalue weighted by molar-refractivity contribution is 8.02. The molecule has 2 aromatic rings. The maximum absolute atomic E-state index is 13.4. The first-order chi connectivity index (χ1) is 15.1. The summed E-state index contributed by atoms with van der Waals surface area (Å²) in [5.41, 5.74) is 1.73. The number of benzene rings is 2. The van der Waals surface area contributed by atoms with E-state index in [1.54, 1.807) is 0 Å². The van der Waals surface area contributed by atoms with E-state index >= 15 is 0 Å². The topological polar surface area (TPSA) is 90.0 Å². The molecular formula is C23H23NO6S2. The van der Waals surface area contributed by atoms with Crippen LogP contribution in [0.4, 0.5) is 0 Å². The molecule has 2 aliphatic heterocycles. The van der Waals surface area contributed by atoms with Crippen LogP contribution in [0.2, 0.25) is 0 Å². The zero-order valence-corrected chi connectivity index (χ0v) is 19.4. The molecule has 2 aliphatic rings. The molecular weight excluding hydrogens is 450 g/mol. The number of hydrogen-bond donors (Lipinski definition) is 0. The minimum Gasteiger partial charge on any atom is -0.451 e. The first-order valence-corrected chi connectivity index (χ1v) is 12.3. The van der Waals surface area contributed by atoms with Gasteiger partial charge in [0.2, 0.25) is 0 Å². The van der Waals surface area contributed by atoms with Gasteiger partial charge in [-0.05, 0) is 25.0 Å². The van der Waals surface area contributed by atoms with Gasteiger partial charge in [-0.2, -0.15) is 8.42 Å². The molecule has 7 nitrogen and oxygen atoms in total. The van der Waals surface area contributed by atoms with Crippen LogP contribution < -0.4 is 0 Å². The number of thioether (sulfide) groups is 1. The van der Waals surface area contributed by atoms with E-state index in [4.69, 9.17) is 4.74 Å². The molecule has 0 spiro atoms. The van der Waals surface area contributed by atoms with Gasteiger partial charge in [-0.15, -0.1) is 11.8 Å². The fourth-order valence-electron chi connectivity index (χ4n) is 3.98. The van der Waals surface area contributed by atoms with Crippen LogP contribution in [0.5, 0.6) is 0 Å². The Hall–Kier alpha value is -2.62. The second-order valence-corrected chi connectivity index (χ2v) is 11.3. The molecule has 2 atom stereocenters. The summed E-state index contributed by atoms with van der Waals surface area (Å²) in [6.45, 7) is 3.69.